The maximum Gasteiger partial charge on any atom is 0.0498 e. The van der Waals surface area contributed by atoms with Crippen LogP contribution in [0.1, 0.15) is 13.8 Å². The van der Waals surface area contributed by atoms with E-state index in [4.69, 9.17) is 5.11 Å². The fraction of sp³-hybridized carbons (Fsp3) is 0.455. The van der Waals surface area contributed by atoms with E-state index in [2.05, 4.69) is 21.2 Å². The third-order valence-corrected chi connectivity index (χ3v) is 2.52. The van der Waals surface area contributed by atoms with Gasteiger partial charge in [0.2, 0.25) is 0 Å². The zero-order valence-electron chi connectivity index (χ0n) is 8.55. The Balaban J connectivity index is 2.54. The number of halogens is 1. The second-order valence-corrected chi connectivity index (χ2v) is 5.10. The molecule has 0 heterocycles. The number of hydrogen-bond donors (Lipinski definition) is 2. The average Bonchev–Trinajstić information content (AvgIpc) is 2.15. The molecule has 78 valence electrons. The smallest absolute Gasteiger partial charge is 0.0498 e. The van der Waals surface area contributed by atoms with Crippen LogP contribution in [0.4, 0.5) is 5.69 Å². The quantitative estimate of drug-likeness (QED) is 0.870. The van der Waals surface area contributed by atoms with Crippen LogP contribution in [0.25, 0.3) is 0 Å². The van der Waals surface area contributed by atoms with Crippen molar-refractivity contribution in [2.75, 3.05) is 18.5 Å². The Kier molecular flexibility index (Phi) is 3.96. The lowest BCUT2D eigenvalue weighted by Gasteiger charge is -2.22. The van der Waals surface area contributed by atoms with E-state index in [0.29, 0.717) is 0 Å². The molecule has 0 saturated heterocycles. The summed E-state index contributed by atoms with van der Waals surface area (Å²) in [6, 6.07) is 8.01. The summed E-state index contributed by atoms with van der Waals surface area (Å²) in [7, 11) is 0. The highest BCUT2D eigenvalue weighted by molar-refractivity contribution is 9.10. The van der Waals surface area contributed by atoms with Crippen LogP contribution in [-0.4, -0.2) is 18.3 Å². The minimum absolute atomic E-state index is 0.0810. The van der Waals surface area contributed by atoms with Gasteiger partial charge in [-0.3, -0.25) is 0 Å². The molecule has 0 radical (unpaired) electrons. The van der Waals surface area contributed by atoms with Gasteiger partial charge in [-0.25, -0.2) is 0 Å². The number of hydrogen-bond acceptors (Lipinski definition) is 2. The van der Waals surface area contributed by atoms with Crippen LogP contribution in [0.2, 0.25) is 0 Å². The lowest BCUT2D eigenvalue weighted by molar-refractivity contribution is 0.171. The normalized spacial score (nSPS) is 11.4. The SMILES string of the molecule is CC(C)(CO)CNc1cccc(Br)c1. The Morgan fingerprint density at radius 1 is 1.43 bits per heavy atom. The molecule has 1 aromatic carbocycles. The van der Waals surface area contributed by atoms with Gasteiger partial charge in [-0.1, -0.05) is 35.8 Å². The van der Waals surface area contributed by atoms with Gasteiger partial charge in [-0.05, 0) is 18.2 Å². The highest BCUT2D eigenvalue weighted by Gasteiger charge is 2.15. The molecular formula is C11H16BrNO. The zero-order chi connectivity index (χ0) is 10.6. The molecule has 2 nitrogen and oxygen atoms in total. The van der Waals surface area contributed by atoms with E-state index in [1.807, 2.05) is 38.1 Å². The highest BCUT2D eigenvalue weighted by atomic mass is 79.9. The molecule has 1 rings (SSSR count). The summed E-state index contributed by atoms with van der Waals surface area (Å²) in [5, 5.41) is 12.4. The Bertz CT molecular complexity index is 299. The van der Waals surface area contributed by atoms with Gasteiger partial charge in [-0.2, -0.15) is 0 Å². The van der Waals surface area contributed by atoms with Gasteiger partial charge >= 0.3 is 0 Å². The molecule has 0 aliphatic carbocycles. The molecule has 0 spiro atoms. The largest absolute Gasteiger partial charge is 0.396 e. The predicted octanol–water partition coefficient (Wildman–Crippen LogP) is 2.88. The van der Waals surface area contributed by atoms with Crippen LogP contribution >= 0.6 is 15.9 Å². The lowest BCUT2D eigenvalue weighted by atomic mass is 9.95. The number of benzene rings is 1. The van der Waals surface area contributed by atoms with Crippen LogP contribution in [0, 0.1) is 5.41 Å². The van der Waals surface area contributed by atoms with E-state index < -0.39 is 0 Å². The van der Waals surface area contributed by atoms with Gasteiger partial charge < -0.3 is 10.4 Å². The zero-order valence-corrected chi connectivity index (χ0v) is 10.1. The molecule has 1 aromatic rings. The van der Waals surface area contributed by atoms with Crippen molar-refractivity contribution in [2.45, 2.75) is 13.8 Å². The molecular weight excluding hydrogens is 242 g/mol. The first-order valence-corrected chi connectivity index (χ1v) is 5.43. The number of aliphatic hydroxyl groups excluding tert-OH is 1. The van der Waals surface area contributed by atoms with Crippen molar-refractivity contribution in [3.63, 3.8) is 0 Å². The summed E-state index contributed by atoms with van der Waals surface area (Å²) < 4.78 is 1.06. The summed E-state index contributed by atoms with van der Waals surface area (Å²) in [6.07, 6.45) is 0. The van der Waals surface area contributed by atoms with E-state index >= 15 is 0 Å². The van der Waals surface area contributed by atoms with Crippen molar-refractivity contribution in [1.82, 2.24) is 0 Å². The molecule has 0 aliphatic heterocycles. The number of rotatable bonds is 4. The van der Waals surface area contributed by atoms with Crippen LogP contribution in [-0.2, 0) is 0 Å². The molecule has 0 unspecified atom stereocenters. The topological polar surface area (TPSA) is 32.3 Å². The van der Waals surface area contributed by atoms with Gasteiger partial charge in [-0.15, -0.1) is 0 Å². The van der Waals surface area contributed by atoms with E-state index in [0.717, 1.165) is 16.7 Å². The summed E-state index contributed by atoms with van der Waals surface area (Å²) in [5.41, 5.74) is 0.989. The van der Waals surface area contributed by atoms with E-state index in [1.54, 1.807) is 0 Å². The minimum Gasteiger partial charge on any atom is -0.396 e. The Labute approximate surface area is 93.5 Å². The van der Waals surface area contributed by atoms with Crippen LogP contribution in [0.3, 0.4) is 0 Å². The van der Waals surface area contributed by atoms with Crippen molar-refractivity contribution in [2.24, 2.45) is 5.41 Å². The van der Waals surface area contributed by atoms with Crippen LogP contribution in [0.15, 0.2) is 28.7 Å². The van der Waals surface area contributed by atoms with Gasteiger partial charge in [0.1, 0.15) is 0 Å². The van der Waals surface area contributed by atoms with Crippen molar-refractivity contribution in [3.05, 3.63) is 28.7 Å². The maximum absolute atomic E-state index is 9.08. The number of anilines is 1. The van der Waals surface area contributed by atoms with Gasteiger partial charge in [0.05, 0.1) is 0 Å². The highest BCUT2D eigenvalue weighted by Crippen LogP contribution is 2.18. The molecule has 3 heteroatoms. The molecule has 0 bridgehead atoms. The molecule has 0 aromatic heterocycles. The molecule has 0 atom stereocenters. The third kappa shape index (κ3) is 3.68. The standard InChI is InChI=1S/C11H16BrNO/c1-11(2,8-14)7-13-10-5-3-4-9(12)6-10/h3-6,13-14H,7-8H2,1-2H3. The summed E-state index contributed by atoms with van der Waals surface area (Å²) in [4.78, 5) is 0. The average molecular weight is 258 g/mol. The first kappa shape index (κ1) is 11.5. The van der Waals surface area contributed by atoms with Crippen molar-refractivity contribution < 1.29 is 5.11 Å². The van der Waals surface area contributed by atoms with Gasteiger partial charge in [0, 0.05) is 28.7 Å². The third-order valence-electron chi connectivity index (χ3n) is 2.02. The monoisotopic (exact) mass is 257 g/mol. The van der Waals surface area contributed by atoms with Gasteiger partial charge in [0.25, 0.3) is 0 Å². The maximum atomic E-state index is 9.08. The van der Waals surface area contributed by atoms with Crippen molar-refractivity contribution in [1.29, 1.82) is 0 Å². The Morgan fingerprint density at radius 2 is 2.14 bits per heavy atom. The second kappa shape index (κ2) is 4.80. The summed E-state index contributed by atoms with van der Waals surface area (Å²) in [5.74, 6) is 0. The van der Waals surface area contributed by atoms with Crippen molar-refractivity contribution >= 4 is 21.6 Å². The predicted molar refractivity (Wildman–Crippen MR) is 63.5 cm³/mol. The van der Waals surface area contributed by atoms with Crippen molar-refractivity contribution in [3.8, 4) is 0 Å². The molecule has 14 heavy (non-hydrogen) atoms. The number of aliphatic hydroxyl groups is 1. The van der Waals surface area contributed by atoms with E-state index in [1.165, 1.54) is 0 Å². The molecule has 0 aliphatic rings. The fourth-order valence-corrected chi connectivity index (χ4v) is 1.39. The molecule has 0 amide bonds. The van der Waals surface area contributed by atoms with Crippen LogP contribution < -0.4 is 5.32 Å². The van der Waals surface area contributed by atoms with Gasteiger partial charge in [0.15, 0.2) is 0 Å². The molecule has 2 N–H and O–H groups in total. The van der Waals surface area contributed by atoms with E-state index in [9.17, 15) is 0 Å². The Hall–Kier alpha value is -0.540. The first-order chi connectivity index (χ1) is 6.53. The fourth-order valence-electron chi connectivity index (χ4n) is 0.996. The lowest BCUT2D eigenvalue weighted by Crippen LogP contribution is -2.26. The Morgan fingerprint density at radius 3 is 2.71 bits per heavy atom. The first-order valence-electron chi connectivity index (χ1n) is 4.64. The van der Waals surface area contributed by atoms with Crippen LogP contribution in [0.5, 0.6) is 0 Å². The number of nitrogens with one attached hydrogen (secondary N) is 1. The minimum atomic E-state index is -0.0810. The summed E-state index contributed by atoms with van der Waals surface area (Å²) in [6.45, 7) is 5.00. The second-order valence-electron chi connectivity index (χ2n) is 4.19. The molecule has 0 fully saturated rings. The van der Waals surface area contributed by atoms with E-state index in [-0.39, 0.29) is 12.0 Å². The molecule has 0 saturated carbocycles. The summed E-state index contributed by atoms with van der Waals surface area (Å²) >= 11 is 3.41.